The summed E-state index contributed by atoms with van der Waals surface area (Å²) >= 11 is 1.53. The Morgan fingerprint density at radius 2 is 1.92 bits per heavy atom. The van der Waals surface area contributed by atoms with Crippen LogP contribution in [0.25, 0.3) is 21.3 Å². The molecule has 1 N–H and O–H groups in total. The number of hydrogen-bond acceptors (Lipinski definition) is 5. The first-order valence-corrected chi connectivity index (χ1v) is 9.83. The number of rotatable bonds is 3. The van der Waals surface area contributed by atoms with Crippen LogP contribution in [0.1, 0.15) is 25.2 Å². The topological polar surface area (TPSA) is 58.2 Å². The summed E-state index contributed by atoms with van der Waals surface area (Å²) in [6.45, 7) is 8.56. The van der Waals surface area contributed by atoms with Crippen molar-refractivity contribution >= 4 is 21.6 Å². The summed E-state index contributed by atoms with van der Waals surface area (Å²) in [6, 6.07) is 8.24. The Morgan fingerprint density at radius 1 is 1.23 bits per heavy atom. The number of benzene rings is 1. The molecule has 0 saturated carbocycles. The predicted molar refractivity (Wildman–Crippen MR) is 106 cm³/mol. The average molecular weight is 369 g/mol. The van der Waals surface area contributed by atoms with Gasteiger partial charge in [-0.2, -0.15) is 0 Å². The molecule has 136 valence electrons. The Labute approximate surface area is 156 Å². The summed E-state index contributed by atoms with van der Waals surface area (Å²) in [7, 11) is 0. The van der Waals surface area contributed by atoms with Crippen molar-refractivity contribution in [2.45, 2.75) is 39.5 Å². The van der Waals surface area contributed by atoms with Crippen LogP contribution in [0.5, 0.6) is 0 Å². The lowest BCUT2D eigenvalue weighted by molar-refractivity contribution is -0.0710. The fraction of sp³-hybridized carbons (Fsp3) is 0.400. The lowest BCUT2D eigenvalue weighted by atomic mass is 10.1. The van der Waals surface area contributed by atoms with E-state index in [1.165, 1.54) is 16.9 Å². The SMILES string of the molecule is Cc1ccc(-c2csc3nc(CN4CC(C)OC(C)C4)[nH]c(=O)c23)cc1. The van der Waals surface area contributed by atoms with Crippen molar-refractivity contribution in [1.29, 1.82) is 0 Å². The van der Waals surface area contributed by atoms with E-state index < -0.39 is 0 Å². The number of nitrogens with one attached hydrogen (secondary N) is 1. The summed E-state index contributed by atoms with van der Waals surface area (Å²) in [5.41, 5.74) is 3.16. The van der Waals surface area contributed by atoms with Gasteiger partial charge in [0.2, 0.25) is 0 Å². The average Bonchev–Trinajstić information content (AvgIpc) is 2.99. The lowest BCUT2D eigenvalue weighted by Crippen LogP contribution is -2.45. The van der Waals surface area contributed by atoms with Crippen molar-refractivity contribution in [2.75, 3.05) is 13.1 Å². The zero-order valence-electron chi connectivity index (χ0n) is 15.3. The minimum absolute atomic E-state index is 0.0591. The molecular formula is C20H23N3O2S. The molecule has 2 atom stereocenters. The highest BCUT2D eigenvalue weighted by molar-refractivity contribution is 7.17. The Hall–Kier alpha value is -2.02. The summed E-state index contributed by atoms with van der Waals surface area (Å²) < 4.78 is 5.78. The van der Waals surface area contributed by atoms with Crippen molar-refractivity contribution in [3.05, 3.63) is 51.4 Å². The van der Waals surface area contributed by atoms with Crippen molar-refractivity contribution in [1.82, 2.24) is 14.9 Å². The lowest BCUT2D eigenvalue weighted by Gasteiger charge is -2.34. The van der Waals surface area contributed by atoms with Gasteiger partial charge in [0.15, 0.2) is 0 Å². The van der Waals surface area contributed by atoms with Gasteiger partial charge in [-0.3, -0.25) is 9.69 Å². The molecule has 1 aliphatic heterocycles. The van der Waals surface area contributed by atoms with Crippen molar-refractivity contribution < 1.29 is 4.74 Å². The van der Waals surface area contributed by atoms with Gasteiger partial charge >= 0.3 is 0 Å². The Kier molecular flexibility index (Phi) is 4.65. The van der Waals surface area contributed by atoms with Crippen LogP contribution in [0.15, 0.2) is 34.4 Å². The molecule has 26 heavy (non-hydrogen) atoms. The highest BCUT2D eigenvalue weighted by atomic mass is 32.1. The first kappa shape index (κ1) is 17.4. The fourth-order valence-electron chi connectivity index (χ4n) is 3.64. The normalized spacial score (nSPS) is 21.3. The highest BCUT2D eigenvalue weighted by Gasteiger charge is 2.23. The second-order valence-corrected chi connectivity index (χ2v) is 8.02. The Balaban J connectivity index is 1.66. The predicted octanol–water partition coefficient (Wildman–Crippen LogP) is 3.57. The van der Waals surface area contributed by atoms with Gasteiger partial charge in [0.05, 0.1) is 24.1 Å². The van der Waals surface area contributed by atoms with Gasteiger partial charge in [0, 0.05) is 24.0 Å². The molecule has 2 aromatic heterocycles. The van der Waals surface area contributed by atoms with E-state index in [1.54, 1.807) is 0 Å². The highest BCUT2D eigenvalue weighted by Crippen LogP contribution is 2.31. The van der Waals surface area contributed by atoms with Crippen LogP contribution >= 0.6 is 11.3 Å². The smallest absolute Gasteiger partial charge is 0.260 e. The molecule has 1 aliphatic rings. The molecule has 1 saturated heterocycles. The van der Waals surface area contributed by atoms with E-state index in [0.29, 0.717) is 11.9 Å². The fourth-order valence-corrected chi connectivity index (χ4v) is 4.61. The number of aromatic amines is 1. The Bertz CT molecular complexity index is 967. The number of hydrogen-bond donors (Lipinski definition) is 1. The number of morpholine rings is 1. The second-order valence-electron chi connectivity index (χ2n) is 7.16. The van der Waals surface area contributed by atoms with Crippen LogP contribution < -0.4 is 5.56 Å². The molecule has 0 spiro atoms. The number of fused-ring (bicyclic) bond motifs is 1. The van der Waals surface area contributed by atoms with E-state index in [1.807, 2.05) is 5.38 Å². The molecule has 3 heterocycles. The van der Waals surface area contributed by atoms with Crippen LogP contribution in [0.4, 0.5) is 0 Å². The third-order valence-corrected chi connectivity index (χ3v) is 5.60. The van der Waals surface area contributed by atoms with Crippen LogP contribution in [0.3, 0.4) is 0 Å². The van der Waals surface area contributed by atoms with Crippen LogP contribution in [0.2, 0.25) is 0 Å². The van der Waals surface area contributed by atoms with Crippen molar-refractivity contribution in [2.24, 2.45) is 0 Å². The van der Waals surface area contributed by atoms with Crippen LogP contribution in [0, 0.1) is 6.92 Å². The van der Waals surface area contributed by atoms with Crippen LogP contribution in [-0.2, 0) is 11.3 Å². The van der Waals surface area contributed by atoms with E-state index in [-0.39, 0.29) is 17.8 Å². The molecule has 0 amide bonds. The quantitative estimate of drug-likeness (QED) is 0.767. The molecule has 0 aliphatic carbocycles. The summed E-state index contributed by atoms with van der Waals surface area (Å²) in [6.07, 6.45) is 0.396. The van der Waals surface area contributed by atoms with Gasteiger partial charge in [0.1, 0.15) is 10.7 Å². The van der Waals surface area contributed by atoms with E-state index >= 15 is 0 Å². The molecule has 5 nitrogen and oxygen atoms in total. The van der Waals surface area contributed by atoms with Gasteiger partial charge in [-0.25, -0.2) is 4.98 Å². The zero-order chi connectivity index (χ0) is 18.3. The molecule has 1 aromatic carbocycles. The standard InChI is InChI=1S/C20H23N3O2S/c1-12-4-6-15(7-5-12)16-11-26-20-18(16)19(24)21-17(22-20)10-23-8-13(2)25-14(3)9-23/h4-7,11,13-14H,8-10H2,1-3H3,(H,21,22,24). The maximum Gasteiger partial charge on any atom is 0.260 e. The van der Waals surface area contributed by atoms with Gasteiger partial charge in [-0.15, -0.1) is 11.3 Å². The van der Waals surface area contributed by atoms with E-state index in [4.69, 9.17) is 9.72 Å². The summed E-state index contributed by atoms with van der Waals surface area (Å²) in [5.74, 6) is 0.723. The molecule has 0 bridgehead atoms. The van der Waals surface area contributed by atoms with Crippen LogP contribution in [-0.4, -0.2) is 40.2 Å². The molecule has 1 fully saturated rings. The third kappa shape index (κ3) is 3.45. The molecule has 3 aromatic rings. The number of ether oxygens (including phenoxy) is 1. The first-order valence-electron chi connectivity index (χ1n) is 8.95. The van der Waals surface area contributed by atoms with Gasteiger partial charge in [-0.1, -0.05) is 29.8 Å². The minimum Gasteiger partial charge on any atom is -0.373 e. The summed E-state index contributed by atoms with van der Waals surface area (Å²) in [5, 5.41) is 2.71. The molecule has 6 heteroatoms. The van der Waals surface area contributed by atoms with E-state index in [2.05, 4.69) is 54.9 Å². The third-order valence-electron chi connectivity index (χ3n) is 4.72. The number of H-pyrrole nitrogens is 1. The van der Waals surface area contributed by atoms with Gasteiger partial charge in [0.25, 0.3) is 5.56 Å². The monoisotopic (exact) mass is 369 g/mol. The minimum atomic E-state index is -0.0591. The van der Waals surface area contributed by atoms with Crippen molar-refractivity contribution in [3.63, 3.8) is 0 Å². The van der Waals surface area contributed by atoms with E-state index in [0.717, 1.165) is 34.9 Å². The Morgan fingerprint density at radius 3 is 2.62 bits per heavy atom. The number of aryl methyl sites for hydroxylation is 1. The largest absolute Gasteiger partial charge is 0.373 e. The maximum absolute atomic E-state index is 12.8. The first-order chi connectivity index (χ1) is 12.5. The summed E-state index contributed by atoms with van der Waals surface area (Å²) in [4.78, 5) is 23.6. The van der Waals surface area contributed by atoms with Gasteiger partial charge < -0.3 is 9.72 Å². The maximum atomic E-state index is 12.8. The molecular weight excluding hydrogens is 346 g/mol. The number of thiophene rings is 1. The number of aromatic nitrogens is 2. The molecule has 0 radical (unpaired) electrons. The molecule has 4 rings (SSSR count). The second kappa shape index (κ2) is 6.95. The van der Waals surface area contributed by atoms with Crippen molar-refractivity contribution in [3.8, 4) is 11.1 Å². The van der Waals surface area contributed by atoms with E-state index in [9.17, 15) is 4.79 Å². The van der Waals surface area contributed by atoms with Gasteiger partial charge in [-0.05, 0) is 26.3 Å². The molecule has 2 unspecified atom stereocenters. The number of nitrogens with zero attached hydrogens (tertiary/aromatic N) is 2. The zero-order valence-corrected chi connectivity index (χ0v) is 16.1.